The van der Waals surface area contributed by atoms with E-state index in [1.165, 1.54) is 4.57 Å². The number of ether oxygens (including phenoxy) is 1. The van der Waals surface area contributed by atoms with Crippen LogP contribution in [-0.2, 0) is 16.6 Å². The average molecular weight is 415 g/mol. The van der Waals surface area contributed by atoms with Crippen molar-refractivity contribution in [3.05, 3.63) is 28.7 Å². The van der Waals surface area contributed by atoms with Gasteiger partial charge in [-0.3, -0.25) is 28.9 Å². The van der Waals surface area contributed by atoms with E-state index in [9.17, 15) is 14.4 Å². The number of rotatable bonds is 3. The number of piperidine rings is 2. The summed E-state index contributed by atoms with van der Waals surface area (Å²) in [6, 6.07) is 4.87. The lowest BCUT2D eigenvalue weighted by molar-refractivity contribution is -0.135. The van der Waals surface area contributed by atoms with Crippen LogP contribution in [0.5, 0.6) is 5.75 Å². The number of carbonyl (C=O) groups is 2. The Balaban J connectivity index is 1.63. The number of nitrogens with zero attached hydrogens (tertiary/aromatic N) is 3. The maximum absolute atomic E-state index is 13.0. The topological polar surface area (TPSA) is 85.6 Å². The third-order valence-electron chi connectivity index (χ3n) is 6.27. The summed E-state index contributed by atoms with van der Waals surface area (Å²) in [5.74, 6) is -0.0655. The van der Waals surface area contributed by atoms with Crippen LogP contribution in [0, 0.1) is 0 Å². The minimum Gasteiger partial charge on any atom is -0.488 e. The molecular weight excluding hydrogens is 384 g/mol. The van der Waals surface area contributed by atoms with Crippen molar-refractivity contribution in [3.8, 4) is 5.75 Å². The molecule has 1 unspecified atom stereocenters. The van der Waals surface area contributed by atoms with E-state index in [1.807, 2.05) is 18.2 Å². The van der Waals surface area contributed by atoms with E-state index in [2.05, 4.69) is 31.0 Å². The van der Waals surface area contributed by atoms with E-state index in [1.54, 1.807) is 11.6 Å². The number of hydrogen-bond acceptors (Lipinski definition) is 5. The molecular formula is C22H30N4O4. The van der Waals surface area contributed by atoms with Crippen LogP contribution in [-0.4, -0.2) is 50.6 Å². The minimum absolute atomic E-state index is 0.0863. The second-order valence-electron chi connectivity index (χ2n) is 9.28. The minimum atomic E-state index is -0.691. The second kappa shape index (κ2) is 7.58. The predicted molar refractivity (Wildman–Crippen MR) is 114 cm³/mol. The van der Waals surface area contributed by atoms with Gasteiger partial charge >= 0.3 is 5.69 Å². The van der Waals surface area contributed by atoms with Crippen LogP contribution in [0.4, 0.5) is 0 Å². The van der Waals surface area contributed by atoms with Crippen LogP contribution in [0.1, 0.15) is 52.5 Å². The number of carbonyl (C=O) groups excluding carboxylic acids is 2. The number of imide groups is 1. The molecule has 1 N–H and O–H groups in total. The fourth-order valence-corrected chi connectivity index (χ4v) is 4.55. The summed E-state index contributed by atoms with van der Waals surface area (Å²) in [6.07, 6.45) is 2.48. The zero-order valence-corrected chi connectivity index (χ0v) is 18.1. The maximum atomic E-state index is 13.0. The summed E-state index contributed by atoms with van der Waals surface area (Å²) in [7, 11) is 1.70. The first-order chi connectivity index (χ1) is 14.2. The Morgan fingerprint density at radius 1 is 1.07 bits per heavy atom. The highest BCUT2D eigenvalue weighted by Crippen LogP contribution is 2.31. The van der Waals surface area contributed by atoms with E-state index in [4.69, 9.17) is 4.74 Å². The van der Waals surface area contributed by atoms with E-state index in [0.717, 1.165) is 25.9 Å². The SMILES string of the molecule is Cn1c(=O)n(C2CCC(=O)NC2=O)c2cccc(OC3CCN(C(C)(C)C)CC3)c21. The van der Waals surface area contributed by atoms with Gasteiger partial charge in [-0.15, -0.1) is 0 Å². The maximum Gasteiger partial charge on any atom is 0.329 e. The molecule has 2 aliphatic rings. The highest BCUT2D eigenvalue weighted by atomic mass is 16.5. The Kier molecular flexibility index (Phi) is 5.22. The number of aromatic nitrogens is 2. The molecule has 0 aliphatic carbocycles. The molecule has 1 atom stereocenters. The normalized spacial score (nSPS) is 21.8. The van der Waals surface area contributed by atoms with Crippen molar-refractivity contribution < 1.29 is 14.3 Å². The number of likely N-dealkylation sites (tertiary alicyclic amines) is 1. The smallest absolute Gasteiger partial charge is 0.329 e. The number of benzene rings is 1. The highest BCUT2D eigenvalue weighted by Gasteiger charge is 2.32. The lowest BCUT2D eigenvalue weighted by atomic mass is 9.99. The van der Waals surface area contributed by atoms with Crippen molar-refractivity contribution in [1.82, 2.24) is 19.4 Å². The van der Waals surface area contributed by atoms with Gasteiger partial charge in [0.1, 0.15) is 23.4 Å². The molecule has 30 heavy (non-hydrogen) atoms. The summed E-state index contributed by atoms with van der Waals surface area (Å²) >= 11 is 0. The number of amides is 2. The van der Waals surface area contributed by atoms with Crippen molar-refractivity contribution in [1.29, 1.82) is 0 Å². The molecule has 8 heteroatoms. The average Bonchev–Trinajstić information content (AvgIpc) is 2.93. The van der Waals surface area contributed by atoms with E-state index in [-0.39, 0.29) is 29.7 Å². The summed E-state index contributed by atoms with van der Waals surface area (Å²) in [5, 5.41) is 2.34. The van der Waals surface area contributed by atoms with E-state index < -0.39 is 11.9 Å². The molecule has 2 fully saturated rings. The zero-order chi connectivity index (χ0) is 21.6. The lowest BCUT2D eigenvalue weighted by Crippen LogP contribution is -2.48. The summed E-state index contributed by atoms with van der Waals surface area (Å²) in [6.45, 7) is 8.62. The molecule has 2 amide bonds. The highest BCUT2D eigenvalue weighted by molar-refractivity contribution is 6.00. The molecule has 8 nitrogen and oxygen atoms in total. The van der Waals surface area contributed by atoms with Gasteiger partial charge in [-0.2, -0.15) is 0 Å². The quantitative estimate of drug-likeness (QED) is 0.776. The third kappa shape index (κ3) is 3.64. The Labute approximate surface area is 175 Å². The van der Waals surface area contributed by atoms with Gasteiger partial charge in [0.15, 0.2) is 0 Å². The molecule has 3 heterocycles. The largest absolute Gasteiger partial charge is 0.488 e. The fourth-order valence-electron chi connectivity index (χ4n) is 4.55. The van der Waals surface area contributed by atoms with Gasteiger partial charge in [0.05, 0.1) is 5.52 Å². The monoisotopic (exact) mass is 414 g/mol. The molecule has 162 valence electrons. The van der Waals surface area contributed by atoms with Gasteiger partial charge in [0.25, 0.3) is 0 Å². The Morgan fingerprint density at radius 2 is 1.77 bits per heavy atom. The van der Waals surface area contributed by atoms with Gasteiger partial charge in [0.2, 0.25) is 11.8 Å². The van der Waals surface area contributed by atoms with Crippen molar-refractivity contribution in [2.75, 3.05) is 13.1 Å². The Morgan fingerprint density at radius 3 is 2.40 bits per heavy atom. The molecule has 1 aromatic carbocycles. The molecule has 2 aliphatic heterocycles. The Hall–Kier alpha value is -2.61. The molecule has 1 aromatic heterocycles. The van der Waals surface area contributed by atoms with Crippen LogP contribution in [0.25, 0.3) is 11.0 Å². The van der Waals surface area contributed by atoms with Crippen molar-refractivity contribution in [2.24, 2.45) is 7.05 Å². The first kappa shape index (κ1) is 20.7. The zero-order valence-electron chi connectivity index (χ0n) is 18.1. The summed E-state index contributed by atoms with van der Waals surface area (Å²) in [5.41, 5.74) is 1.21. The van der Waals surface area contributed by atoms with Gasteiger partial charge in [-0.05, 0) is 52.2 Å². The first-order valence-electron chi connectivity index (χ1n) is 10.6. The molecule has 0 saturated carbocycles. The van der Waals surface area contributed by atoms with Gasteiger partial charge in [-0.1, -0.05) is 6.07 Å². The number of para-hydroxylation sites is 1. The summed E-state index contributed by atoms with van der Waals surface area (Å²) < 4.78 is 9.39. The molecule has 0 spiro atoms. The van der Waals surface area contributed by atoms with Crippen LogP contribution < -0.4 is 15.7 Å². The molecule has 4 rings (SSSR count). The van der Waals surface area contributed by atoms with Crippen LogP contribution >= 0.6 is 0 Å². The number of aryl methyl sites for hydroxylation is 1. The standard InChI is InChI=1S/C22H30N4O4/c1-22(2,3)25-12-10-14(11-13-25)30-17-7-5-6-15-19(17)24(4)21(29)26(15)16-8-9-18(27)23-20(16)28/h5-7,14,16H,8-13H2,1-4H3,(H,23,27,28). The second-order valence-corrected chi connectivity index (χ2v) is 9.28. The van der Waals surface area contributed by atoms with Crippen molar-refractivity contribution in [3.63, 3.8) is 0 Å². The van der Waals surface area contributed by atoms with E-state index in [0.29, 0.717) is 23.2 Å². The van der Waals surface area contributed by atoms with Gasteiger partial charge in [0, 0.05) is 32.1 Å². The lowest BCUT2D eigenvalue weighted by Gasteiger charge is -2.40. The van der Waals surface area contributed by atoms with Gasteiger partial charge < -0.3 is 4.74 Å². The number of fused-ring (bicyclic) bond motifs is 1. The molecule has 0 radical (unpaired) electrons. The van der Waals surface area contributed by atoms with Crippen molar-refractivity contribution in [2.45, 2.75) is 64.1 Å². The van der Waals surface area contributed by atoms with E-state index >= 15 is 0 Å². The van der Waals surface area contributed by atoms with Crippen LogP contribution in [0.3, 0.4) is 0 Å². The molecule has 0 bridgehead atoms. The first-order valence-corrected chi connectivity index (χ1v) is 10.6. The van der Waals surface area contributed by atoms with Gasteiger partial charge in [-0.25, -0.2) is 4.79 Å². The molecule has 2 aromatic rings. The number of imidazole rings is 1. The van der Waals surface area contributed by atoms with Crippen molar-refractivity contribution >= 4 is 22.8 Å². The third-order valence-corrected chi connectivity index (χ3v) is 6.27. The Bertz CT molecular complexity index is 1040. The van der Waals surface area contributed by atoms with Crippen LogP contribution in [0.15, 0.2) is 23.0 Å². The molecule has 2 saturated heterocycles. The number of hydrogen-bond donors (Lipinski definition) is 1. The van der Waals surface area contributed by atoms with Crippen LogP contribution in [0.2, 0.25) is 0 Å². The number of nitrogens with one attached hydrogen (secondary N) is 1. The fraction of sp³-hybridized carbons (Fsp3) is 0.591. The predicted octanol–water partition coefficient (Wildman–Crippen LogP) is 1.96. The summed E-state index contributed by atoms with van der Waals surface area (Å²) in [4.78, 5) is 39.4.